The van der Waals surface area contributed by atoms with Gasteiger partial charge < -0.3 is 9.84 Å². The van der Waals surface area contributed by atoms with Crippen molar-refractivity contribution in [1.29, 1.82) is 0 Å². The highest BCUT2D eigenvalue weighted by molar-refractivity contribution is 5.79. The molecule has 0 aliphatic rings. The van der Waals surface area contributed by atoms with Crippen molar-refractivity contribution >= 4 is 11.9 Å². The minimum absolute atomic E-state index is 0.546. The fraction of sp³-hybridized carbons (Fsp3) is 0.273. The number of carbonyl (C=O) groups is 2. The Kier molecular flexibility index (Phi) is 4.96. The number of nitrogens with one attached hydrogen (secondary N) is 1. The second kappa shape index (κ2) is 6.49. The van der Waals surface area contributed by atoms with E-state index in [1.54, 1.807) is 24.3 Å². The number of hydrogen-bond acceptors (Lipinski definition) is 4. The summed E-state index contributed by atoms with van der Waals surface area (Å²) >= 11 is 0. The standard InChI is InChI=1S/C11H13NO5/c1-8(11(15)12-16-7-10(13)14)17-9-5-3-2-4-6-9/h2-6,8H,7H2,1H3,(H,12,15)(H,13,14). The summed E-state index contributed by atoms with van der Waals surface area (Å²) in [5, 5.41) is 8.29. The van der Waals surface area contributed by atoms with Gasteiger partial charge in [-0.3, -0.25) is 9.63 Å². The van der Waals surface area contributed by atoms with Crippen molar-refractivity contribution in [3.8, 4) is 5.75 Å². The minimum atomic E-state index is -1.16. The Labute approximate surface area is 98.1 Å². The van der Waals surface area contributed by atoms with Gasteiger partial charge in [-0.15, -0.1) is 0 Å². The van der Waals surface area contributed by atoms with E-state index >= 15 is 0 Å². The molecule has 1 aromatic rings. The molecule has 1 amide bonds. The van der Waals surface area contributed by atoms with E-state index in [4.69, 9.17) is 9.84 Å². The van der Waals surface area contributed by atoms with Gasteiger partial charge in [0.1, 0.15) is 5.75 Å². The molecule has 1 atom stereocenters. The zero-order valence-electron chi connectivity index (χ0n) is 9.25. The predicted octanol–water partition coefficient (Wildman–Crippen LogP) is 0.586. The summed E-state index contributed by atoms with van der Waals surface area (Å²) in [5.74, 6) is -1.16. The molecule has 1 aromatic carbocycles. The normalized spacial score (nSPS) is 11.6. The van der Waals surface area contributed by atoms with Crippen molar-refractivity contribution in [2.75, 3.05) is 6.61 Å². The van der Waals surface area contributed by atoms with Crippen LogP contribution in [0, 0.1) is 0 Å². The third-order valence-corrected chi connectivity index (χ3v) is 1.79. The summed E-state index contributed by atoms with van der Waals surface area (Å²) in [5.41, 5.74) is 1.99. The molecule has 92 valence electrons. The highest BCUT2D eigenvalue weighted by Gasteiger charge is 2.14. The summed E-state index contributed by atoms with van der Waals surface area (Å²) in [7, 11) is 0. The molecule has 17 heavy (non-hydrogen) atoms. The molecule has 0 radical (unpaired) electrons. The number of benzene rings is 1. The second-order valence-electron chi connectivity index (χ2n) is 3.22. The van der Waals surface area contributed by atoms with Crippen LogP contribution >= 0.6 is 0 Å². The molecule has 2 N–H and O–H groups in total. The number of hydrogen-bond donors (Lipinski definition) is 2. The maximum absolute atomic E-state index is 11.4. The number of carboxylic acids is 1. The first-order valence-electron chi connectivity index (χ1n) is 4.94. The van der Waals surface area contributed by atoms with Crippen molar-refractivity contribution in [2.24, 2.45) is 0 Å². The second-order valence-corrected chi connectivity index (χ2v) is 3.22. The molecule has 0 bridgehead atoms. The lowest BCUT2D eigenvalue weighted by Gasteiger charge is -2.13. The van der Waals surface area contributed by atoms with E-state index in [9.17, 15) is 9.59 Å². The third-order valence-electron chi connectivity index (χ3n) is 1.79. The van der Waals surface area contributed by atoms with Gasteiger partial charge in [-0.1, -0.05) is 18.2 Å². The Balaban J connectivity index is 2.34. The summed E-state index contributed by atoms with van der Waals surface area (Å²) in [6.07, 6.45) is -0.772. The molecule has 1 rings (SSSR count). The Bertz CT molecular complexity index is 379. The number of para-hydroxylation sites is 1. The molecular weight excluding hydrogens is 226 g/mol. The number of carbonyl (C=O) groups excluding carboxylic acids is 1. The molecule has 0 fully saturated rings. The van der Waals surface area contributed by atoms with Gasteiger partial charge >= 0.3 is 5.97 Å². The monoisotopic (exact) mass is 239 g/mol. The van der Waals surface area contributed by atoms with Crippen LogP contribution in [-0.4, -0.2) is 29.7 Å². The Morgan fingerprint density at radius 3 is 2.59 bits per heavy atom. The minimum Gasteiger partial charge on any atom is -0.481 e. The first-order valence-corrected chi connectivity index (χ1v) is 4.94. The summed E-state index contributed by atoms with van der Waals surface area (Å²) < 4.78 is 5.29. The molecule has 0 aliphatic carbocycles. The fourth-order valence-electron chi connectivity index (χ4n) is 1.01. The van der Waals surface area contributed by atoms with Crippen molar-refractivity contribution < 1.29 is 24.3 Å². The fourth-order valence-corrected chi connectivity index (χ4v) is 1.01. The summed E-state index contributed by atoms with van der Waals surface area (Å²) in [4.78, 5) is 25.9. The maximum atomic E-state index is 11.4. The van der Waals surface area contributed by atoms with Crippen LogP contribution in [0.5, 0.6) is 5.75 Å². The number of aliphatic carboxylic acids is 1. The van der Waals surface area contributed by atoms with Crippen LogP contribution in [0.15, 0.2) is 30.3 Å². The van der Waals surface area contributed by atoms with Crippen molar-refractivity contribution in [3.63, 3.8) is 0 Å². The average molecular weight is 239 g/mol. The number of ether oxygens (including phenoxy) is 1. The van der Waals surface area contributed by atoms with E-state index in [1.165, 1.54) is 6.92 Å². The van der Waals surface area contributed by atoms with Crippen LogP contribution in [0.3, 0.4) is 0 Å². The largest absolute Gasteiger partial charge is 0.481 e. The molecular formula is C11H13NO5. The number of carboxylic acid groups (broad SMARTS) is 1. The van der Waals surface area contributed by atoms with Gasteiger partial charge in [0.25, 0.3) is 5.91 Å². The number of hydroxylamine groups is 1. The first kappa shape index (κ1) is 13.0. The lowest BCUT2D eigenvalue weighted by Crippen LogP contribution is -2.37. The third kappa shape index (κ3) is 4.98. The van der Waals surface area contributed by atoms with E-state index in [0.29, 0.717) is 5.75 Å². The van der Waals surface area contributed by atoms with Crippen LogP contribution in [0.2, 0.25) is 0 Å². The van der Waals surface area contributed by atoms with Crippen molar-refractivity contribution in [1.82, 2.24) is 5.48 Å². The van der Waals surface area contributed by atoms with Gasteiger partial charge in [0.05, 0.1) is 0 Å². The predicted molar refractivity (Wildman–Crippen MR) is 58.3 cm³/mol. The van der Waals surface area contributed by atoms with Crippen LogP contribution < -0.4 is 10.2 Å². The zero-order valence-corrected chi connectivity index (χ0v) is 9.25. The van der Waals surface area contributed by atoms with Crippen LogP contribution in [0.1, 0.15) is 6.92 Å². The van der Waals surface area contributed by atoms with Gasteiger partial charge in [0.15, 0.2) is 12.7 Å². The van der Waals surface area contributed by atoms with E-state index in [0.717, 1.165) is 0 Å². The molecule has 0 saturated carbocycles. The highest BCUT2D eigenvalue weighted by atomic mass is 16.7. The first-order chi connectivity index (χ1) is 8.09. The number of rotatable bonds is 6. The topological polar surface area (TPSA) is 84.9 Å². The molecule has 0 heterocycles. The van der Waals surface area contributed by atoms with E-state index in [2.05, 4.69) is 4.84 Å². The SMILES string of the molecule is CC(Oc1ccccc1)C(=O)NOCC(=O)O. The molecule has 0 saturated heterocycles. The van der Waals surface area contributed by atoms with Crippen molar-refractivity contribution in [2.45, 2.75) is 13.0 Å². The Morgan fingerprint density at radius 2 is 2.00 bits per heavy atom. The van der Waals surface area contributed by atoms with Gasteiger partial charge in [-0.25, -0.2) is 10.3 Å². The van der Waals surface area contributed by atoms with Gasteiger partial charge in [0, 0.05) is 0 Å². The lowest BCUT2D eigenvalue weighted by atomic mass is 10.3. The lowest BCUT2D eigenvalue weighted by molar-refractivity contribution is -0.151. The van der Waals surface area contributed by atoms with Crippen LogP contribution in [-0.2, 0) is 14.4 Å². The molecule has 1 unspecified atom stereocenters. The molecule has 6 nitrogen and oxygen atoms in total. The quantitative estimate of drug-likeness (QED) is 0.709. The van der Waals surface area contributed by atoms with E-state index in [1.807, 2.05) is 11.5 Å². The Hall–Kier alpha value is -2.08. The average Bonchev–Trinajstić information content (AvgIpc) is 2.29. The smallest absolute Gasteiger partial charge is 0.332 e. The number of amides is 1. The summed E-state index contributed by atoms with van der Waals surface area (Å²) in [6.45, 7) is 0.941. The van der Waals surface area contributed by atoms with Gasteiger partial charge in [-0.2, -0.15) is 0 Å². The van der Waals surface area contributed by atoms with Crippen molar-refractivity contribution in [3.05, 3.63) is 30.3 Å². The van der Waals surface area contributed by atoms with Crippen LogP contribution in [0.4, 0.5) is 0 Å². The zero-order chi connectivity index (χ0) is 12.7. The van der Waals surface area contributed by atoms with Gasteiger partial charge in [0.2, 0.25) is 0 Å². The molecule has 0 aliphatic heterocycles. The highest BCUT2D eigenvalue weighted by Crippen LogP contribution is 2.10. The molecule has 6 heteroatoms. The molecule has 0 aromatic heterocycles. The van der Waals surface area contributed by atoms with Crippen LogP contribution in [0.25, 0.3) is 0 Å². The van der Waals surface area contributed by atoms with E-state index < -0.39 is 24.6 Å². The summed E-state index contributed by atoms with van der Waals surface area (Å²) in [6, 6.07) is 8.80. The molecule has 0 spiro atoms. The Morgan fingerprint density at radius 1 is 1.35 bits per heavy atom. The maximum Gasteiger partial charge on any atom is 0.332 e. The van der Waals surface area contributed by atoms with Gasteiger partial charge in [-0.05, 0) is 19.1 Å². The van der Waals surface area contributed by atoms with E-state index in [-0.39, 0.29) is 0 Å².